The number of nitrogens with zero attached hydrogens (tertiary/aromatic N) is 3. The molecule has 0 bridgehead atoms. The van der Waals surface area contributed by atoms with Gasteiger partial charge >= 0.3 is 0 Å². The van der Waals surface area contributed by atoms with Crippen molar-refractivity contribution in [1.29, 1.82) is 0 Å². The Labute approximate surface area is 494 Å². The predicted octanol–water partition coefficient (Wildman–Crippen LogP) is 23.7. The second-order valence-corrected chi connectivity index (χ2v) is 23.3. The van der Waals surface area contributed by atoms with E-state index in [1.54, 1.807) is 0 Å². The second-order valence-electron chi connectivity index (χ2n) is 21.2. The van der Waals surface area contributed by atoms with Crippen LogP contribution >= 0.6 is 22.7 Å². The summed E-state index contributed by atoms with van der Waals surface area (Å²) >= 11 is 3.69. The highest BCUT2D eigenvalue weighted by Crippen LogP contribution is 2.52. The molecule has 16 aromatic rings. The second kappa shape index (κ2) is 20.8. The fourth-order valence-electron chi connectivity index (χ4n) is 12.3. The fraction of sp³-hybridized carbons (Fsp3) is 0. The van der Waals surface area contributed by atoms with Crippen LogP contribution in [-0.4, -0.2) is 0 Å². The third-order valence-corrected chi connectivity index (χ3v) is 18.7. The molecule has 0 aliphatic heterocycles. The summed E-state index contributed by atoms with van der Waals surface area (Å²) in [6, 6.07) is 112. The molecule has 0 fully saturated rings. The number of thiophene rings is 2. The normalized spacial score (nSPS) is 11.6. The van der Waals surface area contributed by atoms with Crippen LogP contribution in [0.4, 0.5) is 51.2 Å². The van der Waals surface area contributed by atoms with Crippen LogP contribution in [0.5, 0.6) is 0 Å². The molecule has 0 amide bonds. The van der Waals surface area contributed by atoms with E-state index in [1.807, 2.05) is 22.7 Å². The predicted molar refractivity (Wildman–Crippen MR) is 360 cm³/mol. The van der Waals surface area contributed by atoms with E-state index in [0.717, 1.165) is 95.4 Å². The molecular formula is C78H51N3OS2. The summed E-state index contributed by atoms with van der Waals surface area (Å²) in [5, 5.41) is 7.08. The first-order chi connectivity index (χ1) is 41.6. The van der Waals surface area contributed by atoms with E-state index in [2.05, 4.69) is 324 Å². The van der Waals surface area contributed by atoms with Gasteiger partial charge in [-0.15, -0.1) is 22.7 Å². The zero-order chi connectivity index (χ0) is 55.5. The minimum atomic E-state index is 0.810. The molecule has 0 aliphatic rings. The molecule has 3 heterocycles. The third kappa shape index (κ3) is 8.67. The molecule has 0 radical (unpaired) electrons. The van der Waals surface area contributed by atoms with Gasteiger partial charge in [-0.2, -0.15) is 0 Å². The van der Waals surface area contributed by atoms with Crippen molar-refractivity contribution in [2.45, 2.75) is 0 Å². The summed E-state index contributed by atoms with van der Waals surface area (Å²) in [6.45, 7) is 0. The van der Waals surface area contributed by atoms with Crippen LogP contribution in [0, 0.1) is 0 Å². The first-order valence-electron chi connectivity index (χ1n) is 28.4. The van der Waals surface area contributed by atoms with Gasteiger partial charge < -0.3 is 19.1 Å². The maximum Gasteiger partial charge on any atom is 0.159 e. The van der Waals surface area contributed by atoms with Gasteiger partial charge in [0.2, 0.25) is 0 Å². The van der Waals surface area contributed by atoms with Crippen molar-refractivity contribution in [3.8, 4) is 33.4 Å². The molecule has 0 spiro atoms. The Morgan fingerprint density at radius 3 is 0.976 bits per heavy atom. The molecule has 0 unspecified atom stereocenters. The van der Waals surface area contributed by atoms with Gasteiger partial charge in [0.25, 0.3) is 0 Å². The molecule has 3 aromatic heterocycles. The Hall–Kier alpha value is -10.5. The molecule has 0 aliphatic carbocycles. The Morgan fingerprint density at radius 1 is 0.226 bits per heavy atom. The van der Waals surface area contributed by atoms with E-state index in [1.165, 1.54) is 51.5 Å². The topological polar surface area (TPSA) is 22.9 Å². The first kappa shape index (κ1) is 49.3. The highest BCUT2D eigenvalue weighted by molar-refractivity contribution is 7.26. The SMILES string of the molecule is c1ccc(-c2ccc(N(c3cc(N(c4ccc(-c5ccccc5)cc4)c4cccc5c4sc4ccccc45)cc(N(c4ccc(-c5ccccc5)cc4)c4cccc5c4sc4ccccc45)c3)c3cccc4c3oc3ccccc34)cc2)cc1. The van der Waals surface area contributed by atoms with Crippen molar-refractivity contribution in [3.63, 3.8) is 0 Å². The number of benzene rings is 13. The number of furan rings is 1. The lowest BCUT2D eigenvalue weighted by atomic mass is 10.0. The first-order valence-corrected chi connectivity index (χ1v) is 30.0. The van der Waals surface area contributed by atoms with Gasteiger partial charge in [0, 0.05) is 58.8 Å². The Kier molecular flexibility index (Phi) is 12.2. The van der Waals surface area contributed by atoms with Crippen molar-refractivity contribution in [2.75, 3.05) is 14.7 Å². The van der Waals surface area contributed by atoms with Crippen LogP contribution in [0.25, 0.3) is 95.7 Å². The number of anilines is 9. The monoisotopic (exact) mass is 1110 g/mol. The van der Waals surface area contributed by atoms with E-state index < -0.39 is 0 Å². The van der Waals surface area contributed by atoms with Gasteiger partial charge in [-0.1, -0.05) is 218 Å². The average molecular weight is 1110 g/mol. The molecule has 6 heteroatoms. The zero-order valence-corrected chi connectivity index (χ0v) is 47.1. The molecule has 0 saturated heterocycles. The Balaban J connectivity index is 1.01. The molecule has 396 valence electrons. The van der Waals surface area contributed by atoms with Crippen LogP contribution < -0.4 is 14.7 Å². The molecule has 84 heavy (non-hydrogen) atoms. The van der Waals surface area contributed by atoms with Crippen molar-refractivity contribution in [2.24, 2.45) is 0 Å². The summed E-state index contributed by atoms with van der Waals surface area (Å²) in [7, 11) is 0. The van der Waals surface area contributed by atoms with E-state index in [4.69, 9.17) is 4.42 Å². The molecule has 4 nitrogen and oxygen atoms in total. The summed E-state index contributed by atoms with van der Waals surface area (Å²) in [5.74, 6) is 0. The highest BCUT2D eigenvalue weighted by atomic mass is 32.1. The maximum atomic E-state index is 7.02. The minimum absolute atomic E-state index is 0.810. The highest BCUT2D eigenvalue weighted by Gasteiger charge is 2.27. The zero-order valence-electron chi connectivity index (χ0n) is 45.5. The molecule has 13 aromatic carbocycles. The lowest BCUT2D eigenvalue weighted by Crippen LogP contribution is -2.16. The lowest BCUT2D eigenvalue weighted by Gasteiger charge is -2.33. The van der Waals surface area contributed by atoms with E-state index in [9.17, 15) is 0 Å². The Morgan fingerprint density at radius 2 is 0.548 bits per heavy atom. The largest absolute Gasteiger partial charge is 0.454 e. The van der Waals surface area contributed by atoms with Gasteiger partial charge in [0.1, 0.15) is 5.58 Å². The summed E-state index contributed by atoms with van der Waals surface area (Å²) in [6.07, 6.45) is 0. The molecule has 0 atom stereocenters. The fourth-order valence-corrected chi connectivity index (χ4v) is 14.7. The van der Waals surface area contributed by atoms with Crippen molar-refractivity contribution in [3.05, 3.63) is 309 Å². The van der Waals surface area contributed by atoms with E-state index in [-0.39, 0.29) is 0 Å². The van der Waals surface area contributed by atoms with Crippen LogP contribution in [-0.2, 0) is 0 Å². The maximum absolute atomic E-state index is 7.02. The molecular weight excluding hydrogens is 1060 g/mol. The lowest BCUT2D eigenvalue weighted by molar-refractivity contribution is 0.669. The molecule has 0 saturated carbocycles. The van der Waals surface area contributed by atoms with Gasteiger partial charge in [0.15, 0.2) is 5.58 Å². The summed E-state index contributed by atoms with van der Waals surface area (Å²) in [4.78, 5) is 7.36. The minimum Gasteiger partial charge on any atom is -0.454 e. The van der Waals surface area contributed by atoms with Crippen LogP contribution in [0.2, 0.25) is 0 Å². The number of hydrogen-bond donors (Lipinski definition) is 0. The van der Waals surface area contributed by atoms with Crippen molar-refractivity contribution in [1.82, 2.24) is 0 Å². The number of rotatable bonds is 12. The standard InChI is InChI=1S/C78H51N3OS2/c1-4-19-52(20-5-1)55-37-43-58(44-38-55)79(70-31-16-28-67-64-25-10-13-34-73(64)82-76(67)70)61-49-62(80(59-45-39-56(40-46-59)53-21-6-2-7-22-53)71-32-17-29-68-65-26-11-14-35-74(65)83-77(68)71)51-63(50-61)81(60-47-41-57(42-48-60)54-23-8-3-9-24-54)72-33-18-30-69-66-27-12-15-36-75(66)84-78(69)72/h1-51H. The molecule has 16 rings (SSSR count). The summed E-state index contributed by atoms with van der Waals surface area (Å²) in [5.41, 5.74) is 17.7. The van der Waals surface area contributed by atoms with Gasteiger partial charge in [0.05, 0.1) is 43.5 Å². The quantitative estimate of drug-likeness (QED) is 0.122. The van der Waals surface area contributed by atoms with Gasteiger partial charge in [-0.3, -0.25) is 0 Å². The smallest absolute Gasteiger partial charge is 0.159 e. The van der Waals surface area contributed by atoms with Crippen LogP contribution in [0.1, 0.15) is 0 Å². The van der Waals surface area contributed by atoms with Crippen LogP contribution in [0.3, 0.4) is 0 Å². The number of hydrogen-bond acceptors (Lipinski definition) is 6. The van der Waals surface area contributed by atoms with Gasteiger partial charge in [-0.25, -0.2) is 0 Å². The summed E-state index contributed by atoms with van der Waals surface area (Å²) < 4.78 is 11.9. The van der Waals surface area contributed by atoms with Crippen LogP contribution in [0.15, 0.2) is 314 Å². The number of fused-ring (bicyclic) bond motifs is 9. The van der Waals surface area contributed by atoms with E-state index >= 15 is 0 Å². The average Bonchev–Trinajstić information content (AvgIpc) is 2.26. The van der Waals surface area contributed by atoms with Crippen molar-refractivity contribution < 1.29 is 4.42 Å². The number of para-hydroxylation sites is 2. The van der Waals surface area contributed by atoms with Gasteiger partial charge in [-0.05, 0) is 124 Å². The third-order valence-electron chi connectivity index (χ3n) is 16.2. The van der Waals surface area contributed by atoms with E-state index in [0.29, 0.717) is 0 Å². The molecule has 0 N–H and O–H groups in total. The van der Waals surface area contributed by atoms with Crippen molar-refractivity contribution >= 4 is 136 Å². The Bertz CT molecular complexity index is 4550.